The number of thiazole rings is 1. The molecule has 23 heavy (non-hydrogen) atoms. The van der Waals surface area contributed by atoms with E-state index in [1.807, 2.05) is 0 Å². The van der Waals surface area contributed by atoms with E-state index in [1.165, 1.54) is 28.3 Å². The lowest BCUT2D eigenvalue weighted by Gasteiger charge is -2.06. The second-order valence-electron chi connectivity index (χ2n) is 5.16. The van der Waals surface area contributed by atoms with Crippen LogP contribution in [0.15, 0.2) is 24.3 Å². The Balaban J connectivity index is 1.60. The highest BCUT2D eigenvalue weighted by atomic mass is 32.1. The fourth-order valence-electron chi connectivity index (χ4n) is 2.43. The number of nitro groups is 1. The van der Waals surface area contributed by atoms with E-state index in [-0.39, 0.29) is 24.0 Å². The molecule has 0 saturated heterocycles. The molecular formula is C15H15N3O4S. The average molecular weight is 333 g/mol. The lowest BCUT2D eigenvalue weighted by Crippen LogP contribution is -2.20. The standard InChI is InChI=1S/C15H15N3O4S/c19-14(9-22-12-7-3-2-6-11(12)18(20)21)17-15-16-10-5-1-4-8-13(10)23-15/h2-3,6-7H,1,4-5,8-9H2,(H,16,17,19). The Hall–Kier alpha value is -2.48. The molecule has 8 heteroatoms. The van der Waals surface area contributed by atoms with E-state index in [4.69, 9.17) is 4.74 Å². The Labute approximate surface area is 136 Å². The lowest BCUT2D eigenvalue weighted by atomic mass is 10.0. The molecule has 0 bridgehead atoms. The highest BCUT2D eigenvalue weighted by Crippen LogP contribution is 2.29. The van der Waals surface area contributed by atoms with Crippen molar-refractivity contribution in [3.63, 3.8) is 0 Å². The van der Waals surface area contributed by atoms with Crippen molar-refractivity contribution in [1.29, 1.82) is 0 Å². The number of hydrogen-bond donors (Lipinski definition) is 1. The first kappa shape index (κ1) is 15.4. The molecular weight excluding hydrogens is 318 g/mol. The van der Waals surface area contributed by atoms with Crippen molar-refractivity contribution in [2.75, 3.05) is 11.9 Å². The van der Waals surface area contributed by atoms with Crippen LogP contribution in [0, 0.1) is 10.1 Å². The minimum absolute atomic E-state index is 0.0751. The van der Waals surface area contributed by atoms with E-state index in [9.17, 15) is 14.9 Å². The molecule has 1 aliphatic rings. The summed E-state index contributed by atoms with van der Waals surface area (Å²) >= 11 is 1.49. The van der Waals surface area contributed by atoms with Gasteiger partial charge in [-0.05, 0) is 31.7 Å². The van der Waals surface area contributed by atoms with E-state index in [1.54, 1.807) is 12.1 Å². The minimum atomic E-state index is -0.540. The Morgan fingerprint density at radius 2 is 2.13 bits per heavy atom. The van der Waals surface area contributed by atoms with Crippen molar-refractivity contribution in [3.8, 4) is 5.75 Å². The van der Waals surface area contributed by atoms with Gasteiger partial charge < -0.3 is 4.74 Å². The van der Waals surface area contributed by atoms with Gasteiger partial charge in [-0.25, -0.2) is 4.98 Å². The van der Waals surface area contributed by atoms with Gasteiger partial charge >= 0.3 is 5.69 Å². The highest BCUT2D eigenvalue weighted by Gasteiger charge is 2.18. The normalized spacial score (nSPS) is 13.2. The zero-order valence-electron chi connectivity index (χ0n) is 12.3. The quantitative estimate of drug-likeness (QED) is 0.670. The van der Waals surface area contributed by atoms with Gasteiger partial charge in [-0.15, -0.1) is 11.3 Å². The van der Waals surface area contributed by atoms with Crippen LogP contribution in [-0.2, 0) is 17.6 Å². The van der Waals surface area contributed by atoms with Crippen LogP contribution in [0.1, 0.15) is 23.4 Å². The van der Waals surface area contributed by atoms with Gasteiger partial charge in [0.1, 0.15) is 0 Å². The molecule has 7 nitrogen and oxygen atoms in total. The largest absolute Gasteiger partial charge is 0.477 e. The molecule has 120 valence electrons. The summed E-state index contributed by atoms with van der Waals surface area (Å²) in [7, 11) is 0. The maximum absolute atomic E-state index is 11.9. The first-order chi connectivity index (χ1) is 11.1. The summed E-state index contributed by atoms with van der Waals surface area (Å²) in [6, 6.07) is 5.97. The highest BCUT2D eigenvalue weighted by molar-refractivity contribution is 7.15. The molecule has 1 heterocycles. The number of para-hydroxylation sites is 2. The summed E-state index contributed by atoms with van der Waals surface area (Å²) in [5, 5.41) is 14.1. The zero-order chi connectivity index (χ0) is 16.2. The van der Waals surface area contributed by atoms with Gasteiger partial charge in [0.05, 0.1) is 10.6 Å². The SMILES string of the molecule is O=C(COc1ccccc1[N+](=O)[O-])Nc1nc2c(s1)CCCC2. The molecule has 0 unspecified atom stereocenters. The number of anilines is 1. The van der Waals surface area contributed by atoms with E-state index < -0.39 is 4.92 Å². The summed E-state index contributed by atoms with van der Waals surface area (Å²) in [5.74, 6) is -0.305. The Morgan fingerprint density at radius 1 is 1.35 bits per heavy atom. The van der Waals surface area contributed by atoms with E-state index in [2.05, 4.69) is 10.3 Å². The summed E-state index contributed by atoms with van der Waals surface area (Å²) < 4.78 is 5.26. The third kappa shape index (κ3) is 3.65. The van der Waals surface area contributed by atoms with Gasteiger partial charge in [-0.2, -0.15) is 0 Å². The van der Waals surface area contributed by atoms with Crippen LogP contribution in [0.4, 0.5) is 10.8 Å². The van der Waals surface area contributed by atoms with Gasteiger partial charge in [0.15, 0.2) is 17.5 Å². The second-order valence-corrected chi connectivity index (χ2v) is 6.24. The second kappa shape index (κ2) is 6.74. The summed E-state index contributed by atoms with van der Waals surface area (Å²) in [6.45, 7) is -0.297. The molecule has 0 fully saturated rings. The maximum Gasteiger partial charge on any atom is 0.310 e. The Bertz CT molecular complexity index is 721. The first-order valence-corrected chi connectivity index (χ1v) is 8.10. The molecule has 1 aromatic heterocycles. The number of aryl methyl sites for hydroxylation is 2. The van der Waals surface area contributed by atoms with Gasteiger partial charge in [-0.1, -0.05) is 12.1 Å². The predicted octanol–water partition coefficient (Wildman–Crippen LogP) is 2.95. The molecule has 1 amide bonds. The number of nitrogens with one attached hydrogen (secondary N) is 1. The number of benzene rings is 1. The van der Waals surface area contributed by atoms with Crippen molar-refractivity contribution in [2.45, 2.75) is 25.7 Å². The molecule has 0 aliphatic heterocycles. The topological polar surface area (TPSA) is 94.4 Å². The molecule has 3 rings (SSSR count). The zero-order valence-corrected chi connectivity index (χ0v) is 13.1. The number of aromatic nitrogens is 1. The van der Waals surface area contributed by atoms with Gasteiger partial charge in [0.2, 0.25) is 0 Å². The van der Waals surface area contributed by atoms with Crippen LogP contribution in [0.3, 0.4) is 0 Å². The van der Waals surface area contributed by atoms with Gasteiger partial charge in [0.25, 0.3) is 5.91 Å². The molecule has 1 N–H and O–H groups in total. The van der Waals surface area contributed by atoms with Crippen LogP contribution in [0.5, 0.6) is 5.75 Å². The number of fused-ring (bicyclic) bond motifs is 1. The third-order valence-corrected chi connectivity index (χ3v) is 4.59. The van der Waals surface area contributed by atoms with Crippen LogP contribution in [-0.4, -0.2) is 22.4 Å². The molecule has 1 aliphatic carbocycles. The van der Waals surface area contributed by atoms with Crippen molar-refractivity contribution < 1.29 is 14.5 Å². The molecule has 0 spiro atoms. The van der Waals surface area contributed by atoms with Crippen LogP contribution in [0.2, 0.25) is 0 Å². The number of ether oxygens (including phenoxy) is 1. The van der Waals surface area contributed by atoms with Crippen molar-refractivity contribution >= 4 is 28.1 Å². The molecule has 0 saturated carbocycles. The van der Waals surface area contributed by atoms with Crippen molar-refractivity contribution in [3.05, 3.63) is 45.0 Å². The van der Waals surface area contributed by atoms with Gasteiger partial charge in [-0.3, -0.25) is 20.2 Å². The monoisotopic (exact) mass is 333 g/mol. The molecule has 1 aromatic carbocycles. The van der Waals surface area contributed by atoms with E-state index in [0.717, 1.165) is 31.4 Å². The number of hydrogen-bond acceptors (Lipinski definition) is 6. The van der Waals surface area contributed by atoms with E-state index >= 15 is 0 Å². The Kier molecular flexibility index (Phi) is 4.52. The van der Waals surface area contributed by atoms with Crippen LogP contribution >= 0.6 is 11.3 Å². The fourth-order valence-corrected chi connectivity index (χ4v) is 3.50. The van der Waals surface area contributed by atoms with Crippen LogP contribution in [0.25, 0.3) is 0 Å². The number of carbonyl (C=O) groups excluding carboxylic acids is 1. The maximum atomic E-state index is 11.9. The lowest BCUT2D eigenvalue weighted by molar-refractivity contribution is -0.385. The van der Waals surface area contributed by atoms with Crippen LogP contribution < -0.4 is 10.1 Å². The predicted molar refractivity (Wildman–Crippen MR) is 86.0 cm³/mol. The number of nitrogens with zero attached hydrogens (tertiary/aromatic N) is 2. The molecule has 0 atom stereocenters. The molecule has 2 aromatic rings. The average Bonchev–Trinajstić information content (AvgIpc) is 2.95. The number of rotatable bonds is 5. The smallest absolute Gasteiger partial charge is 0.310 e. The van der Waals surface area contributed by atoms with Gasteiger partial charge in [0, 0.05) is 10.9 Å². The minimum Gasteiger partial charge on any atom is -0.477 e. The fraction of sp³-hybridized carbons (Fsp3) is 0.333. The first-order valence-electron chi connectivity index (χ1n) is 7.28. The Morgan fingerprint density at radius 3 is 2.91 bits per heavy atom. The summed E-state index contributed by atoms with van der Waals surface area (Å²) in [4.78, 5) is 27.9. The number of nitro benzene ring substituents is 1. The van der Waals surface area contributed by atoms with E-state index in [0.29, 0.717) is 5.13 Å². The van der Waals surface area contributed by atoms with Crippen molar-refractivity contribution in [1.82, 2.24) is 4.98 Å². The number of carbonyl (C=O) groups is 1. The summed E-state index contributed by atoms with van der Waals surface area (Å²) in [6.07, 6.45) is 4.25. The molecule has 0 radical (unpaired) electrons. The van der Waals surface area contributed by atoms with Crippen molar-refractivity contribution in [2.24, 2.45) is 0 Å². The third-order valence-electron chi connectivity index (χ3n) is 3.51. The number of amides is 1. The summed E-state index contributed by atoms with van der Waals surface area (Å²) in [5.41, 5.74) is 0.904.